The molecule has 4 heteroatoms. The molecule has 0 atom stereocenters. The van der Waals surface area contributed by atoms with Gasteiger partial charge in [-0.05, 0) is 11.1 Å². The zero-order chi connectivity index (χ0) is 13.8. The largest absolute Gasteiger partial charge is 0.388 e. The Labute approximate surface area is 117 Å². The van der Waals surface area contributed by atoms with Crippen molar-refractivity contribution in [3.8, 4) is 0 Å². The maximum absolute atomic E-state index is 9.43. The Kier molecular flexibility index (Phi) is 3.56. The average Bonchev–Trinajstić information content (AvgIpc) is 2.98. The quantitative estimate of drug-likeness (QED) is 0.788. The summed E-state index contributed by atoms with van der Waals surface area (Å²) in [6, 6.07) is 20.3. The summed E-state index contributed by atoms with van der Waals surface area (Å²) in [5.41, 5.74) is 2.27. The fourth-order valence-electron chi connectivity index (χ4n) is 2.38. The molecular weight excluding hydrogens is 250 g/mol. The number of hydrogen-bond donors (Lipinski definition) is 1. The first-order valence-corrected chi connectivity index (χ1v) is 6.49. The van der Waals surface area contributed by atoms with E-state index in [9.17, 15) is 5.11 Å². The van der Waals surface area contributed by atoms with Crippen LogP contribution in [-0.2, 0) is 6.61 Å². The predicted molar refractivity (Wildman–Crippen MR) is 76.1 cm³/mol. The van der Waals surface area contributed by atoms with E-state index in [4.69, 9.17) is 0 Å². The summed E-state index contributed by atoms with van der Waals surface area (Å²) in [5, 5.41) is 17.3. The van der Waals surface area contributed by atoms with Gasteiger partial charge in [-0.15, -0.1) is 10.2 Å². The minimum atomic E-state index is -0.129. The lowest BCUT2D eigenvalue weighted by atomic mass is 9.98. The summed E-state index contributed by atoms with van der Waals surface area (Å²) < 4.78 is 1.91. The van der Waals surface area contributed by atoms with Crippen LogP contribution in [0.25, 0.3) is 0 Å². The Balaban J connectivity index is 2.14. The molecule has 0 aliphatic heterocycles. The van der Waals surface area contributed by atoms with E-state index in [1.807, 2.05) is 41.0 Å². The summed E-state index contributed by atoms with van der Waals surface area (Å²) in [4.78, 5) is 0. The molecule has 1 aromatic heterocycles. The van der Waals surface area contributed by atoms with E-state index in [0.29, 0.717) is 5.82 Å². The van der Waals surface area contributed by atoms with E-state index in [2.05, 4.69) is 34.5 Å². The van der Waals surface area contributed by atoms with Crippen LogP contribution in [0.1, 0.15) is 23.0 Å². The van der Waals surface area contributed by atoms with Crippen molar-refractivity contribution in [3.63, 3.8) is 0 Å². The van der Waals surface area contributed by atoms with Gasteiger partial charge in [0, 0.05) is 0 Å². The number of hydrogen-bond acceptors (Lipinski definition) is 3. The van der Waals surface area contributed by atoms with Gasteiger partial charge in [-0.2, -0.15) is 0 Å². The average molecular weight is 265 g/mol. The van der Waals surface area contributed by atoms with E-state index in [-0.39, 0.29) is 12.6 Å². The van der Waals surface area contributed by atoms with Crippen molar-refractivity contribution in [2.45, 2.75) is 12.6 Å². The molecule has 20 heavy (non-hydrogen) atoms. The van der Waals surface area contributed by atoms with Crippen molar-refractivity contribution in [2.75, 3.05) is 0 Å². The van der Waals surface area contributed by atoms with Crippen molar-refractivity contribution >= 4 is 0 Å². The molecule has 0 aliphatic carbocycles. The minimum absolute atomic E-state index is 0.0328. The molecule has 0 spiro atoms. The number of aliphatic hydroxyl groups excluding tert-OH is 1. The zero-order valence-corrected chi connectivity index (χ0v) is 10.9. The van der Waals surface area contributed by atoms with Gasteiger partial charge in [0.1, 0.15) is 12.9 Å². The molecule has 0 radical (unpaired) electrons. The van der Waals surface area contributed by atoms with Gasteiger partial charge in [0.05, 0.1) is 6.04 Å². The Morgan fingerprint density at radius 1 is 0.900 bits per heavy atom. The first kappa shape index (κ1) is 12.6. The maximum atomic E-state index is 9.43. The molecule has 0 amide bonds. The normalized spacial score (nSPS) is 10.9. The third-order valence-electron chi connectivity index (χ3n) is 3.30. The lowest BCUT2D eigenvalue weighted by Gasteiger charge is -2.20. The standard InChI is InChI=1S/C16H15N3O/c20-11-15-18-17-12-19(15)16(13-7-3-1-4-8-13)14-9-5-2-6-10-14/h1-10,12,16,20H,11H2. The third kappa shape index (κ3) is 2.33. The fourth-order valence-corrected chi connectivity index (χ4v) is 2.38. The highest BCUT2D eigenvalue weighted by atomic mass is 16.3. The van der Waals surface area contributed by atoms with Gasteiger partial charge in [0.25, 0.3) is 0 Å². The van der Waals surface area contributed by atoms with Crippen LogP contribution in [0.2, 0.25) is 0 Å². The molecule has 0 bridgehead atoms. The van der Waals surface area contributed by atoms with Gasteiger partial charge >= 0.3 is 0 Å². The topological polar surface area (TPSA) is 50.9 Å². The van der Waals surface area contributed by atoms with Crippen LogP contribution in [0.3, 0.4) is 0 Å². The summed E-state index contributed by atoms with van der Waals surface area (Å²) in [6.45, 7) is -0.129. The zero-order valence-electron chi connectivity index (χ0n) is 10.9. The highest BCUT2D eigenvalue weighted by Gasteiger charge is 2.18. The Bertz CT molecular complexity index is 625. The second-order valence-electron chi connectivity index (χ2n) is 4.54. The lowest BCUT2D eigenvalue weighted by Crippen LogP contribution is -2.14. The summed E-state index contributed by atoms with van der Waals surface area (Å²) in [7, 11) is 0. The van der Waals surface area contributed by atoms with E-state index >= 15 is 0 Å². The monoisotopic (exact) mass is 265 g/mol. The van der Waals surface area contributed by atoms with Crippen molar-refractivity contribution in [1.29, 1.82) is 0 Å². The first-order valence-electron chi connectivity index (χ1n) is 6.49. The van der Waals surface area contributed by atoms with Gasteiger partial charge < -0.3 is 9.67 Å². The molecule has 4 nitrogen and oxygen atoms in total. The van der Waals surface area contributed by atoms with Crippen LogP contribution < -0.4 is 0 Å². The van der Waals surface area contributed by atoms with Crippen LogP contribution in [0, 0.1) is 0 Å². The molecule has 0 saturated heterocycles. The molecule has 3 aromatic rings. The molecule has 0 saturated carbocycles. The molecule has 1 heterocycles. The molecule has 2 aromatic carbocycles. The molecular formula is C16H15N3O. The van der Waals surface area contributed by atoms with Crippen molar-refractivity contribution in [2.24, 2.45) is 0 Å². The van der Waals surface area contributed by atoms with Gasteiger partial charge in [0.2, 0.25) is 0 Å². The van der Waals surface area contributed by atoms with Crippen LogP contribution in [0.15, 0.2) is 67.0 Å². The van der Waals surface area contributed by atoms with E-state index in [0.717, 1.165) is 11.1 Å². The number of nitrogens with zero attached hydrogens (tertiary/aromatic N) is 3. The second kappa shape index (κ2) is 5.67. The summed E-state index contributed by atoms with van der Waals surface area (Å²) in [5.74, 6) is 0.558. The van der Waals surface area contributed by atoms with E-state index < -0.39 is 0 Å². The second-order valence-corrected chi connectivity index (χ2v) is 4.54. The summed E-state index contributed by atoms with van der Waals surface area (Å²) in [6.07, 6.45) is 1.66. The third-order valence-corrected chi connectivity index (χ3v) is 3.30. The number of aliphatic hydroxyl groups is 1. The first-order chi connectivity index (χ1) is 9.90. The SMILES string of the molecule is OCc1nncn1C(c1ccccc1)c1ccccc1. The molecule has 100 valence electrons. The van der Waals surface area contributed by atoms with E-state index in [1.54, 1.807) is 6.33 Å². The van der Waals surface area contributed by atoms with E-state index in [1.165, 1.54) is 0 Å². The van der Waals surface area contributed by atoms with Crippen LogP contribution >= 0.6 is 0 Å². The highest BCUT2D eigenvalue weighted by Crippen LogP contribution is 2.27. The fraction of sp³-hybridized carbons (Fsp3) is 0.125. The molecule has 3 rings (SSSR count). The minimum Gasteiger partial charge on any atom is -0.388 e. The van der Waals surface area contributed by atoms with Crippen molar-refractivity contribution < 1.29 is 5.11 Å². The Morgan fingerprint density at radius 2 is 1.45 bits per heavy atom. The highest BCUT2D eigenvalue weighted by molar-refractivity contribution is 5.33. The van der Waals surface area contributed by atoms with Crippen LogP contribution in [0.5, 0.6) is 0 Å². The van der Waals surface area contributed by atoms with Crippen LogP contribution in [0.4, 0.5) is 0 Å². The molecule has 0 fully saturated rings. The van der Waals surface area contributed by atoms with Gasteiger partial charge in [-0.25, -0.2) is 0 Å². The van der Waals surface area contributed by atoms with Gasteiger partial charge in [-0.3, -0.25) is 0 Å². The number of benzene rings is 2. The molecule has 0 unspecified atom stereocenters. The lowest BCUT2D eigenvalue weighted by molar-refractivity contribution is 0.264. The Hall–Kier alpha value is -2.46. The molecule has 0 aliphatic rings. The predicted octanol–water partition coefficient (Wildman–Crippen LogP) is 2.41. The smallest absolute Gasteiger partial charge is 0.159 e. The maximum Gasteiger partial charge on any atom is 0.159 e. The van der Waals surface area contributed by atoms with Crippen LogP contribution in [-0.4, -0.2) is 19.9 Å². The molecule has 1 N–H and O–H groups in total. The van der Waals surface area contributed by atoms with Gasteiger partial charge in [-0.1, -0.05) is 60.7 Å². The van der Waals surface area contributed by atoms with Crippen molar-refractivity contribution in [1.82, 2.24) is 14.8 Å². The van der Waals surface area contributed by atoms with Crippen molar-refractivity contribution in [3.05, 3.63) is 83.9 Å². The van der Waals surface area contributed by atoms with Gasteiger partial charge in [0.15, 0.2) is 5.82 Å². The Morgan fingerprint density at radius 3 is 1.95 bits per heavy atom. The number of rotatable bonds is 4. The summed E-state index contributed by atoms with van der Waals surface area (Å²) >= 11 is 0. The number of aromatic nitrogens is 3.